The van der Waals surface area contributed by atoms with Crippen LogP contribution in [0.3, 0.4) is 0 Å². The fraction of sp³-hybridized carbons (Fsp3) is 0.300. The van der Waals surface area contributed by atoms with Crippen molar-refractivity contribution in [2.75, 3.05) is 12.1 Å². The molecule has 0 spiro atoms. The quantitative estimate of drug-likeness (QED) is 0.883. The van der Waals surface area contributed by atoms with Gasteiger partial charge in [0.2, 0.25) is 12.7 Å². The van der Waals surface area contributed by atoms with Crippen molar-refractivity contribution >= 4 is 17.5 Å². The van der Waals surface area contributed by atoms with Gasteiger partial charge in [-0.15, -0.1) is 0 Å². The Labute approximate surface area is 152 Å². The number of carbonyl (C=O) groups is 2. The first-order valence-electron chi connectivity index (χ1n) is 8.41. The molecule has 0 radical (unpaired) electrons. The summed E-state index contributed by atoms with van der Waals surface area (Å²) in [7, 11) is 0. The molecule has 0 bridgehead atoms. The lowest BCUT2D eigenvalue weighted by Gasteiger charge is -2.17. The minimum Gasteiger partial charge on any atom is -0.454 e. The third-order valence-electron chi connectivity index (χ3n) is 3.98. The standard InChI is InChI=1S/C20H22N2O4/c1-20(2,3)19(24)22-15-7-5-14(6-8-15)18(23)21-11-13-4-9-16-17(10-13)26-12-25-16/h4-10H,11-12H2,1-3H3,(H,21,23)(H,22,24). The van der Waals surface area contributed by atoms with Crippen molar-refractivity contribution in [2.45, 2.75) is 27.3 Å². The zero-order valence-electron chi connectivity index (χ0n) is 15.1. The van der Waals surface area contributed by atoms with Gasteiger partial charge < -0.3 is 20.1 Å². The van der Waals surface area contributed by atoms with Gasteiger partial charge in [0.25, 0.3) is 5.91 Å². The van der Waals surface area contributed by atoms with Gasteiger partial charge in [0.1, 0.15) is 0 Å². The summed E-state index contributed by atoms with van der Waals surface area (Å²) in [6, 6.07) is 12.4. The average molecular weight is 354 g/mol. The summed E-state index contributed by atoms with van der Waals surface area (Å²) >= 11 is 0. The summed E-state index contributed by atoms with van der Waals surface area (Å²) in [5.41, 5.74) is 1.65. The number of amides is 2. The molecule has 0 saturated carbocycles. The van der Waals surface area contributed by atoms with Crippen LogP contribution in [0.15, 0.2) is 42.5 Å². The molecule has 0 aromatic heterocycles. The molecule has 2 aromatic carbocycles. The van der Waals surface area contributed by atoms with Crippen molar-refractivity contribution < 1.29 is 19.1 Å². The highest BCUT2D eigenvalue weighted by molar-refractivity contribution is 5.97. The predicted molar refractivity (Wildman–Crippen MR) is 98.3 cm³/mol. The molecule has 6 nitrogen and oxygen atoms in total. The van der Waals surface area contributed by atoms with Crippen LogP contribution in [0.4, 0.5) is 5.69 Å². The van der Waals surface area contributed by atoms with E-state index in [0.29, 0.717) is 29.3 Å². The van der Waals surface area contributed by atoms with E-state index >= 15 is 0 Å². The molecule has 0 fully saturated rings. The van der Waals surface area contributed by atoms with E-state index in [1.807, 2.05) is 39.0 Å². The van der Waals surface area contributed by atoms with Gasteiger partial charge in [0.15, 0.2) is 11.5 Å². The molecule has 2 amide bonds. The summed E-state index contributed by atoms with van der Waals surface area (Å²) in [6.07, 6.45) is 0. The van der Waals surface area contributed by atoms with Crippen molar-refractivity contribution in [1.82, 2.24) is 5.32 Å². The van der Waals surface area contributed by atoms with E-state index in [9.17, 15) is 9.59 Å². The first kappa shape index (κ1) is 17.8. The molecule has 0 atom stereocenters. The summed E-state index contributed by atoms with van der Waals surface area (Å²) in [6.45, 7) is 6.15. The molecule has 136 valence electrons. The molecule has 2 aromatic rings. The molecule has 2 N–H and O–H groups in total. The van der Waals surface area contributed by atoms with Gasteiger partial charge >= 0.3 is 0 Å². The third-order valence-corrected chi connectivity index (χ3v) is 3.98. The first-order chi connectivity index (χ1) is 12.3. The van der Waals surface area contributed by atoms with E-state index in [2.05, 4.69) is 10.6 Å². The van der Waals surface area contributed by atoms with Gasteiger partial charge in [0, 0.05) is 23.2 Å². The SMILES string of the molecule is CC(C)(C)C(=O)Nc1ccc(C(=O)NCc2ccc3c(c2)OCO3)cc1. The number of nitrogens with one attached hydrogen (secondary N) is 2. The zero-order chi connectivity index (χ0) is 18.7. The second-order valence-corrected chi connectivity index (χ2v) is 7.15. The Morgan fingerprint density at radius 2 is 1.69 bits per heavy atom. The van der Waals surface area contributed by atoms with E-state index in [0.717, 1.165) is 5.56 Å². The van der Waals surface area contributed by atoms with E-state index in [4.69, 9.17) is 9.47 Å². The molecule has 6 heteroatoms. The Hall–Kier alpha value is -3.02. The van der Waals surface area contributed by atoms with Crippen LogP contribution in [0.1, 0.15) is 36.7 Å². The number of fused-ring (bicyclic) bond motifs is 1. The molecule has 0 aliphatic carbocycles. The highest BCUT2D eigenvalue weighted by Crippen LogP contribution is 2.32. The zero-order valence-corrected chi connectivity index (χ0v) is 15.1. The minimum atomic E-state index is -0.472. The van der Waals surface area contributed by atoms with Crippen molar-refractivity contribution in [3.63, 3.8) is 0 Å². The van der Waals surface area contributed by atoms with Gasteiger partial charge in [0.05, 0.1) is 0 Å². The largest absolute Gasteiger partial charge is 0.454 e. The van der Waals surface area contributed by atoms with Crippen molar-refractivity contribution in [3.05, 3.63) is 53.6 Å². The fourth-order valence-electron chi connectivity index (χ4n) is 2.36. The third kappa shape index (κ3) is 4.14. The predicted octanol–water partition coefficient (Wildman–Crippen LogP) is 3.33. The second-order valence-electron chi connectivity index (χ2n) is 7.15. The van der Waals surface area contributed by atoms with Crippen LogP contribution in [0, 0.1) is 5.41 Å². The van der Waals surface area contributed by atoms with Crippen LogP contribution >= 0.6 is 0 Å². The second kappa shape index (κ2) is 7.07. The van der Waals surface area contributed by atoms with Crippen LogP contribution in [-0.2, 0) is 11.3 Å². The molecular weight excluding hydrogens is 332 g/mol. The van der Waals surface area contributed by atoms with Gasteiger partial charge in [-0.05, 0) is 42.0 Å². The minimum absolute atomic E-state index is 0.0718. The Balaban J connectivity index is 1.57. The first-order valence-corrected chi connectivity index (χ1v) is 8.41. The molecule has 0 saturated heterocycles. The van der Waals surface area contributed by atoms with Crippen LogP contribution in [0.5, 0.6) is 11.5 Å². The smallest absolute Gasteiger partial charge is 0.251 e. The Morgan fingerprint density at radius 1 is 1.00 bits per heavy atom. The van der Waals surface area contributed by atoms with E-state index in [1.165, 1.54) is 0 Å². The number of hydrogen-bond donors (Lipinski definition) is 2. The summed E-state index contributed by atoms with van der Waals surface area (Å²) in [4.78, 5) is 24.3. The maximum Gasteiger partial charge on any atom is 0.251 e. The number of anilines is 1. The average Bonchev–Trinajstić information content (AvgIpc) is 3.07. The number of rotatable bonds is 4. The summed E-state index contributed by atoms with van der Waals surface area (Å²) < 4.78 is 10.6. The molecule has 26 heavy (non-hydrogen) atoms. The Kier molecular flexibility index (Phi) is 4.84. The Bertz CT molecular complexity index is 823. The van der Waals surface area contributed by atoms with Crippen LogP contribution in [-0.4, -0.2) is 18.6 Å². The van der Waals surface area contributed by atoms with Gasteiger partial charge in [-0.25, -0.2) is 0 Å². The molecule has 0 unspecified atom stereocenters. The molecular formula is C20H22N2O4. The monoisotopic (exact) mass is 354 g/mol. The van der Waals surface area contributed by atoms with Gasteiger partial charge in [-0.2, -0.15) is 0 Å². The van der Waals surface area contributed by atoms with Crippen molar-refractivity contribution in [3.8, 4) is 11.5 Å². The molecule has 1 aliphatic heterocycles. The number of carbonyl (C=O) groups excluding carboxylic acids is 2. The highest BCUT2D eigenvalue weighted by Gasteiger charge is 2.21. The number of hydrogen-bond acceptors (Lipinski definition) is 4. The molecule has 3 rings (SSSR count). The fourth-order valence-corrected chi connectivity index (χ4v) is 2.36. The van der Waals surface area contributed by atoms with Crippen LogP contribution in [0.2, 0.25) is 0 Å². The molecule has 1 aliphatic rings. The van der Waals surface area contributed by atoms with Gasteiger partial charge in [-0.3, -0.25) is 9.59 Å². The maximum atomic E-state index is 12.3. The lowest BCUT2D eigenvalue weighted by Crippen LogP contribution is -2.27. The van der Waals surface area contributed by atoms with Crippen molar-refractivity contribution in [1.29, 1.82) is 0 Å². The summed E-state index contributed by atoms with van der Waals surface area (Å²) in [5, 5.41) is 5.70. The van der Waals surface area contributed by atoms with Crippen LogP contribution < -0.4 is 20.1 Å². The highest BCUT2D eigenvalue weighted by atomic mass is 16.7. The van der Waals surface area contributed by atoms with Crippen molar-refractivity contribution in [2.24, 2.45) is 5.41 Å². The van der Waals surface area contributed by atoms with E-state index in [1.54, 1.807) is 24.3 Å². The topological polar surface area (TPSA) is 76.7 Å². The number of ether oxygens (including phenoxy) is 2. The Morgan fingerprint density at radius 3 is 2.38 bits per heavy atom. The summed E-state index contributed by atoms with van der Waals surface area (Å²) in [5.74, 6) is 1.15. The lowest BCUT2D eigenvalue weighted by molar-refractivity contribution is -0.123. The van der Waals surface area contributed by atoms with E-state index in [-0.39, 0.29) is 18.6 Å². The van der Waals surface area contributed by atoms with E-state index < -0.39 is 5.41 Å². The van der Waals surface area contributed by atoms with Crippen LogP contribution in [0.25, 0.3) is 0 Å². The van der Waals surface area contributed by atoms with Gasteiger partial charge in [-0.1, -0.05) is 26.8 Å². The number of benzene rings is 2. The lowest BCUT2D eigenvalue weighted by atomic mass is 9.95. The normalized spacial score (nSPS) is 12.6. The molecule has 1 heterocycles. The maximum absolute atomic E-state index is 12.3.